The van der Waals surface area contributed by atoms with Crippen LogP contribution in [0.4, 0.5) is 10.1 Å². The van der Waals surface area contributed by atoms with Crippen LogP contribution in [0.2, 0.25) is 0 Å². The highest BCUT2D eigenvalue weighted by atomic mass is 19.1. The molecule has 1 aromatic rings. The van der Waals surface area contributed by atoms with Crippen molar-refractivity contribution in [3.05, 3.63) is 29.6 Å². The normalized spacial score (nSPS) is 20.3. The van der Waals surface area contributed by atoms with Crippen LogP contribution < -0.4 is 10.2 Å². The lowest BCUT2D eigenvalue weighted by Gasteiger charge is -2.29. The first kappa shape index (κ1) is 12.4. The van der Waals surface area contributed by atoms with Crippen LogP contribution in [-0.4, -0.2) is 26.7 Å². The smallest absolute Gasteiger partial charge is 0.126 e. The molecule has 1 heterocycles. The Kier molecular flexibility index (Phi) is 4.00. The summed E-state index contributed by atoms with van der Waals surface area (Å²) in [7, 11) is 2.08. The van der Waals surface area contributed by atoms with Gasteiger partial charge in [-0.15, -0.1) is 0 Å². The second kappa shape index (κ2) is 5.50. The molecule has 0 saturated carbocycles. The second-order valence-electron chi connectivity index (χ2n) is 5.03. The van der Waals surface area contributed by atoms with Gasteiger partial charge in [0.05, 0.1) is 0 Å². The van der Waals surface area contributed by atoms with Crippen LogP contribution in [0, 0.1) is 18.7 Å². The summed E-state index contributed by atoms with van der Waals surface area (Å²) >= 11 is 0. The molecular weight excluding hydrogens is 215 g/mol. The summed E-state index contributed by atoms with van der Waals surface area (Å²) in [4.78, 5) is 2.23. The standard InChI is InChI=1S/C14H21FN2/c1-11-8-13(5-6-14(11)15)17(2)10-12-4-3-7-16-9-12/h5-6,8,12,16H,3-4,7,9-10H2,1-2H3. The minimum atomic E-state index is -0.124. The number of benzene rings is 1. The maximum absolute atomic E-state index is 13.2. The Hall–Kier alpha value is -1.09. The van der Waals surface area contributed by atoms with Gasteiger partial charge in [-0.1, -0.05) is 0 Å². The van der Waals surface area contributed by atoms with Gasteiger partial charge >= 0.3 is 0 Å². The number of nitrogens with one attached hydrogen (secondary N) is 1. The van der Waals surface area contributed by atoms with Crippen LogP contribution >= 0.6 is 0 Å². The van der Waals surface area contributed by atoms with Gasteiger partial charge in [0, 0.05) is 19.3 Å². The molecule has 0 radical (unpaired) electrons. The molecule has 1 unspecified atom stereocenters. The van der Waals surface area contributed by atoms with E-state index in [0.29, 0.717) is 5.92 Å². The van der Waals surface area contributed by atoms with Gasteiger partial charge in [-0.2, -0.15) is 0 Å². The Balaban J connectivity index is 1.98. The molecule has 2 rings (SSSR count). The molecule has 1 saturated heterocycles. The van der Waals surface area contributed by atoms with Crippen molar-refractivity contribution < 1.29 is 4.39 Å². The SMILES string of the molecule is Cc1cc(N(C)CC2CCCNC2)ccc1F. The summed E-state index contributed by atoms with van der Waals surface area (Å²) < 4.78 is 13.2. The molecule has 94 valence electrons. The summed E-state index contributed by atoms with van der Waals surface area (Å²) in [6.45, 7) is 5.10. The predicted molar refractivity (Wildman–Crippen MR) is 70.0 cm³/mol. The molecule has 1 atom stereocenters. The molecule has 1 aliphatic rings. The first-order valence-corrected chi connectivity index (χ1v) is 6.35. The quantitative estimate of drug-likeness (QED) is 0.867. The molecule has 0 aromatic heterocycles. The molecule has 3 heteroatoms. The summed E-state index contributed by atoms with van der Waals surface area (Å²) in [5.74, 6) is 0.584. The van der Waals surface area contributed by atoms with Crippen molar-refractivity contribution in [2.45, 2.75) is 19.8 Å². The fourth-order valence-corrected chi connectivity index (χ4v) is 2.44. The fourth-order valence-electron chi connectivity index (χ4n) is 2.44. The zero-order valence-corrected chi connectivity index (χ0v) is 10.7. The van der Waals surface area contributed by atoms with Crippen molar-refractivity contribution in [3.8, 4) is 0 Å². The zero-order valence-electron chi connectivity index (χ0n) is 10.7. The number of nitrogens with zero attached hydrogens (tertiary/aromatic N) is 1. The maximum atomic E-state index is 13.2. The van der Waals surface area contributed by atoms with Crippen LogP contribution in [0.5, 0.6) is 0 Å². The lowest BCUT2D eigenvalue weighted by atomic mass is 9.99. The molecular formula is C14H21FN2. The maximum Gasteiger partial charge on any atom is 0.126 e. The number of rotatable bonds is 3. The van der Waals surface area contributed by atoms with E-state index >= 15 is 0 Å². The van der Waals surface area contributed by atoms with E-state index in [2.05, 4.69) is 17.3 Å². The number of hydrogen-bond donors (Lipinski definition) is 1. The Labute approximate surface area is 103 Å². The first-order chi connectivity index (χ1) is 8.16. The van der Waals surface area contributed by atoms with Crippen molar-refractivity contribution in [1.82, 2.24) is 5.32 Å². The van der Waals surface area contributed by atoms with Crippen LogP contribution in [0.25, 0.3) is 0 Å². The minimum absolute atomic E-state index is 0.124. The van der Waals surface area contributed by atoms with Gasteiger partial charge in [0.2, 0.25) is 0 Å². The Morgan fingerprint density at radius 2 is 2.29 bits per heavy atom. The van der Waals surface area contributed by atoms with Gasteiger partial charge in [0.15, 0.2) is 0 Å². The molecule has 1 N–H and O–H groups in total. The Morgan fingerprint density at radius 1 is 1.47 bits per heavy atom. The number of hydrogen-bond acceptors (Lipinski definition) is 2. The van der Waals surface area contributed by atoms with E-state index in [-0.39, 0.29) is 5.82 Å². The molecule has 0 spiro atoms. The third kappa shape index (κ3) is 3.19. The largest absolute Gasteiger partial charge is 0.374 e. The van der Waals surface area contributed by atoms with Gasteiger partial charge in [-0.25, -0.2) is 4.39 Å². The van der Waals surface area contributed by atoms with Crippen LogP contribution in [0.3, 0.4) is 0 Å². The highest BCUT2D eigenvalue weighted by Crippen LogP contribution is 2.20. The molecule has 2 nitrogen and oxygen atoms in total. The van der Waals surface area contributed by atoms with E-state index in [1.54, 1.807) is 6.07 Å². The van der Waals surface area contributed by atoms with E-state index in [9.17, 15) is 4.39 Å². The van der Waals surface area contributed by atoms with Crippen molar-refractivity contribution in [3.63, 3.8) is 0 Å². The summed E-state index contributed by atoms with van der Waals surface area (Å²) in [6.07, 6.45) is 2.55. The van der Waals surface area contributed by atoms with Gasteiger partial charge in [0.25, 0.3) is 0 Å². The van der Waals surface area contributed by atoms with Crippen LogP contribution in [-0.2, 0) is 0 Å². The van der Waals surface area contributed by atoms with Crippen molar-refractivity contribution in [2.24, 2.45) is 5.92 Å². The second-order valence-corrected chi connectivity index (χ2v) is 5.03. The van der Waals surface area contributed by atoms with Crippen molar-refractivity contribution in [1.29, 1.82) is 0 Å². The Morgan fingerprint density at radius 3 is 2.94 bits per heavy atom. The minimum Gasteiger partial charge on any atom is -0.374 e. The van der Waals surface area contributed by atoms with E-state index in [0.717, 1.165) is 30.9 Å². The van der Waals surface area contributed by atoms with E-state index in [4.69, 9.17) is 0 Å². The zero-order chi connectivity index (χ0) is 12.3. The van der Waals surface area contributed by atoms with Gasteiger partial charge in [0.1, 0.15) is 5.82 Å². The van der Waals surface area contributed by atoms with Gasteiger partial charge < -0.3 is 10.2 Å². The summed E-state index contributed by atoms with van der Waals surface area (Å²) in [5, 5.41) is 3.43. The highest BCUT2D eigenvalue weighted by molar-refractivity contribution is 5.48. The Bertz CT molecular complexity index is 372. The molecule has 0 aliphatic carbocycles. The molecule has 1 fully saturated rings. The fraction of sp³-hybridized carbons (Fsp3) is 0.571. The highest BCUT2D eigenvalue weighted by Gasteiger charge is 2.15. The van der Waals surface area contributed by atoms with E-state index in [1.807, 2.05) is 19.1 Å². The third-order valence-electron chi connectivity index (χ3n) is 3.51. The molecule has 0 bridgehead atoms. The molecule has 0 amide bonds. The molecule has 1 aliphatic heterocycles. The lowest BCUT2D eigenvalue weighted by Crippen LogP contribution is -2.36. The number of aryl methyl sites for hydroxylation is 1. The lowest BCUT2D eigenvalue weighted by molar-refractivity contribution is 0.381. The summed E-state index contributed by atoms with van der Waals surface area (Å²) in [6, 6.07) is 5.34. The monoisotopic (exact) mass is 236 g/mol. The van der Waals surface area contributed by atoms with E-state index in [1.165, 1.54) is 12.8 Å². The third-order valence-corrected chi connectivity index (χ3v) is 3.51. The van der Waals surface area contributed by atoms with Crippen molar-refractivity contribution in [2.75, 3.05) is 31.6 Å². The molecule has 1 aromatic carbocycles. The molecule has 17 heavy (non-hydrogen) atoms. The van der Waals surface area contributed by atoms with Crippen LogP contribution in [0.1, 0.15) is 18.4 Å². The van der Waals surface area contributed by atoms with E-state index < -0.39 is 0 Å². The van der Waals surface area contributed by atoms with Gasteiger partial charge in [-0.3, -0.25) is 0 Å². The summed E-state index contributed by atoms with van der Waals surface area (Å²) in [5.41, 5.74) is 1.82. The predicted octanol–water partition coefficient (Wildman–Crippen LogP) is 2.57. The first-order valence-electron chi connectivity index (χ1n) is 6.35. The number of piperidine rings is 1. The average molecular weight is 236 g/mol. The average Bonchev–Trinajstić information content (AvgIpc) is 2.34. The topological polar surface area (TPSA) is 15.3 Å². The van der Waals surface area contributed by atoms with Crippen LogP contribution in [0.15, 0.2) is 18.2 Å². The van der Waals surface area contributed by atoms with Gasteiger partial charge in [-0.05, 0) is 62.5 Å². The van der Waals surface area contributed by atoms with Crippen molar-refractivity contribution >= 4 is 5.69 Å². The number of anilines is 1. The number of halogens is 1.